The van der Waals surface area contributed by atoms with E-state index in [4.69, 9.17) is 10.2 Å². The smallest absolute Gasteiger partial charge is 0.418 e. The molecule has 1 aromatic rings. The molecule has 0 aliphatic rings. The molecule has 8 heteroatoms. The Morgan fingerprint density at radius 2 is 1.63 bits per heavy atom. The average Bonchev–Trinajstić information content (AvgIpc) is 2.27. The summed E-state index contributed by atoms with van der Waals surface area (Å²) in [5, 5.41) is 19.1. The lowest BCUT2D eigenvalue weighted by Gasteiger charge is -2.12. The molecular formula is C11H8F3NO4. The van der Waals surface area contributed by atoms with E-state index in [0.717, 1.165) is 18.2 Å². The monoisotopic (exact) mass is 275 g/mol. The van der Waals surface area contributed by atoms with E-state index in [0.29, 0.717) is 6.20 Å². The Hall–Kier alpha value is -2.51. The van der Waals surface area contributed by atoms with Crippen LogP contribution in [0.15, 0.2) is 36.0 Å². The van der Waals surface area contributed by atoms with Crippen molar-refractivity contribution in [1.29, 1.82) is 0 Å². The van der Waals surface area contributed by atoms with Gasteiger partial charge in [-0.1, -0.05) is 12.1 Å². The van der Waals surface area contributed by atoms with Crippen molar-refractivity contribution in [1.82, 2.24) is 0 Å². The van der Waals surface area contributed by atoms with E-state index in [1.807, 2.05) is 5.32 Å². The van der Waals surface area contributed by atoms with E-state index in [2.05, 4.69) is 0 Å². The van der Waals surface area contributed by atoms with Crippen LogP contribution in [0.3, 0.4) is 0 Å². The Labute approximate surface area is 105 Å². The molecule has 0 saturated heterocycles. The third-order valence-corrected chi connectivity index (χ3v) is 2.07. The highest BCUT2D eigenvalue weighted by atomic mass is 19.4. The van der Waals surface area contributed by atoms with Gasteiger partial charge in [-0.15, -0.1) is 0 Å². The van der Waals surface area contributed by atoms with Crippen LogP contribution in [0.2, 0.25) is 0 Å². The number of para-hydroxylation sites is 1. The van der Waals surface area contributed by atoms with Gasteiger partial charge in [0.25, 0.3) is 0 Å². The van der Waals surface area contributed by atoms with Crippen LogP contribution in [0.4, 0.5) is 18.9 Å². The zero-order valence-electron chi connectivity index (χ0n) is 9.23. The summed E-state index contributed by atoms with van der Waals surface area (Å²) in [5.41, 5.74) is -2.53. The Kier molecular flexibility index (Phi) is 4.15. The van der Waals surface area contributed by atoms with Gasteiger partial charge in [0.15, 0.2) is 5.57 Å². The molecule has 0 aromatic heterocycles. The fraction of sp³-hybridized carbons (Fsp3) is 0.0909. The van der Waals surface area contributed by atoms with Gasteiger partial charge in [0, 0.05) is 6.20 Å². The Morgan fingerprint density at radius 3 is 2.11 bits per heavy atom. The average molecular weight is 275 g/mol. The van der Waals surface area contributed by atoms with Gasteiger partial charge in [0.1, 0.15) is 0 Å². The molecule has 5 nitrogen and oxygen atoms in total. The van der Waals surface area contributed by atoms with Gasteiger partial charge in [-0.3, -0.25) is 0 Å². The van der Waals surface area contributed by atoms with E-state index in [-0.39, 0.29) is 0 Å². The number of alkyl halides is 3. The molecule has 19 heavy (non-hydrogen) atoms. The number of carboxylic acids is 2. The van der Waals surface area contributed by atoms with Crippen molar-refractivity contribution in [3.63, 3.8) is 0 Å². The van der Waals surface area contributed by atoms with Crippen LogP contribution < -0.4 is 5.32 Å². The summed E-state index contributed by atoms with van der Waals surface area (Å²) in [4.78, 5) is 21.1. The molecule has 0 amide bonds. The topological polar surface area (TPSA) is 86.6 Å². The summed E-state index contributed by atoms with van der Waals surface area (Å²) in [6, 6.07) is 4.30. The normalized spacial score (nSPS) is 10.7. The van der Waals surface area contributed by atoms with E-state index >= 15 is 0 Å². The number of nitrogens with one attached hydrogen (secondary N) is 1. The first-order valence-electron chi connectivity index (χ1n) is 4.83. The van der Waals surface area contributed by atoms with Gasteiger partial charge in [0.2, 0.25) is 0 Å². The van der Waals surface area contributed by atoms with Crippen LogP contribution in [0.25, 0.3) is 0 Å². The van der Waals surface area contributed by atoms with E-state index < -0.39 is 34.9 Å². The number of anilines is 1. The molecule has 0 heterocycles. The van der Waals surface area contributed by atoms with Crippen LogP contribution in [-0.2, 0) is 15.8 Å². The first-order chi connectivity index (χ1) is 8.73. The Bertz CT molecular complexity index is 521. The van der Waals surface area contributed by atoms with Crippen molar-refractivity contribution in [2.45, 2.75) is 6.18 Å². The Balaban J connectivity index is 3.10. The lowest BCUT2D eigenvalue weighted by molar-refractivity contribution is -0.140. The highest BCUT2D eigenvalue weighted by Gasteiger charge is 2.33. The van der Waals surface area contributed by atoms with Gasteiger partial charge in [-0.2, -0.15) is 13.2 Å². The van der Waals surface area contributed by atoms with Gasteiger partial charge < -0.3 is 15.5 Å². The molecule has 0 spiro atoms. The van der Waals surface area contributed by atoms with Crippen molar-refractivity contribution in [2.24, 2.45) is 0 Å². The maximum absolute atomic E-state index is 12.6. The third kappa shape index (κ3) is 3.73. The van der Waals surface area contributed by atoms with Crippen LogP contribution in [-0.4, -0.2) is 22.2 Å². The summed E-state index contributed by atoms with van der Waals surface area (Å²) in [6.07, 6.45) is -4.14. The molecule has 0 bridgehead atoms. The van der Waals surface area contributed by atoms with Gasteiger partial charge in [0.05, 0.1) is 11.3 Å². The van der Waals surface area contributed by atoms with Crippen molar-refractivity contribution in [2.75, 3.05) is 5.32 Å². The lowest BCUT2D eigenvalue weighted by atomic mass is 10.1. The molecule has 102 valence electrons. The molecular weight excluding hydrogens is 267 g/mol. The van der Waals surface area contributed by atoms with Crippen LogP contribution in [0.1, 0.15) is 5.56 Å². The highest BCUT2D eigenvalue weighted by molar-refractivity contribution is 6.12. The molecule has 0 aliphatic carbocycles. The van der Waals surface area contributed by atoms with E-state index in [9.17, 15) is 22.8 Å². The molecule has 0 unspecified atom stereocenters. The second kappa shape index (κ2) is 5.42. The predicted molar refractivity (Wildman–Crippen MR) is 58.4 cm³/mol. The molecule has 0 atom stereocenters. The van der Waals surface area contributed by atoms with Crippen LogP contribution in [0.5, 0.6) is 0 Å². The molecule has 0 radical (unpaired) electrons. The van der Waals surface area contributed by atoms with Gasteiger partial charge in [-0.05, 0) is 12.1 Å². The minimum Gasteiger partial charge on any atom is -0.477 e. The zero-order chi connectivity index (χ0) is 14.6. The summed E-state index contributed by atoms with van der Waals surface area (Å²) < 4.78 is 37.8. The quantitative estimate of drug-likeness (QED) is 0.445. The van der Waals surface area contributed by atoms with Crippen molar-refractivity contribution in [3.05, 3.63) is 41.6 Å². The van der Waals surface area contributed by atoms with Crippen molar-refractivity contribution in [3.8, 4) is 0 Å². The first kappa shape index (κ1) is 14.6. The zero-order valence-corrected chi connectivity index (χ0v) is 9.23. The van der Waals surface area contributed by atoms with Gasteiger partial charge >= 0.3 is 18.1 Å². The molecule has 1 aromatic carbocycles. The second-order valence-electron chi connectivity index (χ2n) is 3.36. The summed E-state index contributed by atoms with van der Waals surface area (Å²) >= 11 is 0. The minimum atomic E-state index is -4.63. The number of halogens is 3. The number of rotatable bonds is 4. The molecule has 0 aliphatic heterocycles. The predicted octanol–water partition coefficient (Wildman–Crippen LogP) is 2.17. The fourth-order valence-electron chi connectivity index (χ4n) is 1.22. The number of hydrogen-bond acceptors (Lipinski definition) is 3. The summed E-state index contributed by atoms with van der Waals surface area (Å²) in [7, 11) is 0. The van der Waals surface area contributed by atoms with Gasteiger partial charge in [-0.25, -0.2) is 9.59 Å². The maximum Gasteiger partial charge on any atom is 0.418 e. The van der Waals surface area contributed by atoms with Crippen LogP contribution in [0, 0.1) is 0 Å². The fourth-order valence-corrected chi connectivity index (χ4v) is 1.22. The standard InChI is InChI=1S/C11H8F3NO4/c12-11(13,14)7-3-1-2-4-8(7)15-5-6(9(16)17)10(18)19/h1-5,15H,(H,16,17)(H,18,19). The third-order valence-electron chi connectivity index (χ3n) is 2.07. The number of aliphatic carboxylic acids is 2. The Morgan fingerprint density at radius 1 is 1.11 bits per heavy atom. The number of hydrogen-bond donors (Lipinski definition) is 3. The first-order valence-corrected chi connectivity index (χ1v) is 4.83. The molecule has 0 fully saturated rings. The summed E-state index contributed by atoms with van der Waals surface area (Å²) in [5.74, 6) is -3.52. The van der Waals surface area contributed by atoms with E-state index in [1.54, 1.807) is 0 Å². The molecule has 3 N–H and O–H groups in total. The lowest BCUT2D eigenvalue weighted by Crippen LogP contribution is -2.14. The number of carboxylic acid groups (broad SMARTS) is 2. The highest BCUT2D eigenvalue weighted by Crippen LogP contribution is 2.34. The summed E-state index contributed by atoms with van der Waals surface area (Å²) in [6.45, 7) is 0. The SMILES string of the molecule is O=C(O)C(=CNc1ccccc1C(F)(F)F)C(=O)O. The van der Waals surface area contributed by atoms with E-state index in [1.165, 1.54) is 6.07 Å². The molecule has 0 saturated carbocycles. The van der Waals surface area contributed by atoms with Crippen molar-refractivity contribution < 1.29 is 33.0 Å². The minimum absolute atomic E-state index is 0.435. The largest absolute Gasteiger partial charge is 0.477 e. The maximum atomic E-state index is 12.6. The molecule has 1 rings (SSSR count). The second-order valence-corrected chi connectivity index (χ2v) is 3.36. The number of benzene rings is 1. The number of carbonyl (C=O) groups is 2. The van der Waals surface area contributed by atoms with Crippen molar-refractivity contribution >= 4 is 17.6 Å². The van der Waals surface area contributed by atoms with Crippen LogP contribution >= 0.6 is 0 Å².